The molecule has 1 aliphatic rings. The molecule has 0 aliphatic heterocycles. The van der Waals surface area contributed by atoms with Gasteiger partial charge in [-0.25, -0.2) is 0 Å². The molecule has 1 aliphatic carbocycles. The van der Waals surface area contributed by atoms with Crippen molar-refractivity contribution < 1.29 is 48.7 Å². The molecule has 0 aromatic heterocycles. The van der Waals surface area contributed by atoms with Crippen LogP contribution in [0.3, 0.4) is 0 Å². The Bertz CT molecular complexity index is 526. The molecule has 0 atom stereocenters. The molecular weight excluding hydrogens is 424 g/mol. The Kier molecular flexibility index (Phi) is 6.98. The van der Waals surface area contributed by atoms with Crippen molar-refractivity contribution >= 4 is 17.5 Å². The smallest absolute Gasteiger partial charge is 0.348 e. The maximum Gasteiger partial charge on any atom is 0.393 e. The maximum atomic E-state index is 13.7. The minimum absolute atomic E-state index is 0.0830. The lowest BCUT2D eigenvalue weighted by Crippen LogP contribution is -2.69. The molecule has 1 rings (SSSR count). The third kappa shape index (κ3) is 4.40. The Morgan fingerprint density at radius 3 is 1.52 bits per heavy atom. The molecule has 0 unspecified atom stereocenters. The van der Waals surface area contributed by atoms with Crippen LogP contribution < -0.4 is 5.32 Å². The van der Waals surface area contributed by atoms with Crippen molar-refractivity contribution in [2.45, 2.75) is 80.1 Å². The van der Waals surface area contributed by atoms with Gasteiger partial charge in [-0.15, -0.1) is 0 Å². The summed E-state index contributed by atoms with van der Waals surface area (Å²) in [4.78, 5) is 11.5. The van der Waals surface area contributed by atoms with Crippen LogP contribution >= 0.6 is 11.6 Å². The highest BCUT2D eigenvalue weighted by Gasteiger charge is 2.87. The molecule has 1 saturated carbocycles. The van der Waals surface area contributed by atoms with Crippen molar-refractivity contribution in [2.75, 3.05) is 0 Å². The van der Waals surface area contributed by atoms with Gasteiger partial charge >= 0.3 is 29.1 Å². The van der Waals surface area contributed by atoms with Crippen LogP contribution in [0.15, 0.2) is 0 Å². The van der Waals surface area contributed by atoms with E-state index in [1.54, 1.807) is 0 Å². The van der Waals surface area contributed by atoms with Crippen LogP contribution in [0.1, 0.15) is 44.9 Å². The molecule has 0 aromatic rings. The Labute approximate surface area is 152 Å². The van der Waals surface area contributed by atoms with Crippen LogP contribution in [0, 0.1) is 0 Å². The lowest BCUT2D eigenvalue weighted by atomic mass is 9.95. The topological polar surface area (TPSA) is 29.1 Å². The van der Waals surface area contributed by atoms with Crippen molar-refractivity contribution in [1.29, 1.82) is 0 Å². The largest absolute Gasteiger partial charge is 0.393 e. The van der Waals surface area contributed by atoms with E-state index in [4.69, 9.17) is 0 Å². The normalized spacial score (nSPS) is 19.4. The van der Waals surface area contributed by atoms with Crippen molar-refractivity contribution in [3.8, 4) is 0 Å². The van der Waals surface area contributed by atoms with Gasteiger partial charge < -0.3 is 5.32 Å². The number of hydrogen-bond acceptors (Lipinski definition) is 1. The molecule has 1 fully saturated rings. The van der Waals surface area contributed by atoms with E-state index in [-0.39, 0.29) is 12.8 Å². The van der Waals surface area contributed by atoms with Gasteiger partial charge in [-0.05, 0) is 24.4 Å². The standard InChI is InChI=1S/C14H16ClF10NO/c15-14(24,25)13(22,23)12(20,21)11(18,19)10(16,17)9(27)26-8-6-4-2-1-3-5-7-8/h8H,1-7H2,(H,26,27). The zero-order valence-corrected chi connectivity index (χ0v) is 14.3. The summed E-state index contributed by atoms with van der Waals surface area (Å²) in [5, 5.41) is -4.84. The molecule has 1 amide bonds. The van der Waals surface area contributed by atoms with Gasteiger partial charge in [0.25, 0.3) is 5.91 Å². The molecule has 1 N–H and O–H groups in total. The molecule has 0 saturated heterocycles. The number of alkyl halides is 11. The second-order valence-electron chi connectivity index (χ2n) is 6.31. The number of carbonyl (C=O) groups excluding carboxylic acids is 1. The first-order chi connectivity index (χ1) is 12.0. The summed E-state index contributed by atoms with van der Waals surface area (Å²) in [6.45, 7) is 0. The fourth-order valence-electron chi connectivity index (χ4n) is 2.59. The van der Waals surface area contributed by atoms with Crippen LogP contribution in [0.2, 0.25) is 0 Å². The first kappa shape index (κ1) is 24.1. The minimum atomic E-state index is -7.33. The Morgan fingerprint density at radius 1 is 0.704 bits per heavy atom. The van der Waals surface area contributed by atoms with Crippen LogP contribution in [-0.4, -0.2) is 41.0 Å². The molecule has 0 heterocycles. The van der Waals surface area contributed by atoms with E-state index in [0.29, 0.717) is 25.7 Å². The summed E-state index contributed by atoms with van der Waals surface area (Å²) >= 11 is 3.69. The monoisotopic (exact) mass is 439 g/mol. The second-order valence-corrected chi connectivity index (χ2v) is 6.79. The van der Waals surface area contributed by atoms with E-state index in [2.05, 4.69) is 11.6 Å². The molecule has 27 heavy (non-hydrogen) atoms. The highest BCUT2D eigenvalue weighted by Crippen LogP contribution is 2.57. The molecule has 0 aromatic carbocycles. The number of halogens is 11. The van der Waals surface area contributed by atoms with E-state index < -0.39 is 41.0 Å². The third-order valence-corrected chi connectivity index (χ3v) is 4.50. The summed E-state index contributed by atoms with van der Waals surface area (Å²) in [6.07, 6.45) is 3.17. The van der Waals surface area contributed by atoms with E-state index >= 15 is 0 Å². The lowest BCUT2D eigenvalue weighted by Gasteiger charge is -2.37. The fraction of sp³-hybridized carbons (Fsp3) is 0.929. The Morgan fingerprint density at radius 2 is 1.11 bits per heavy atom. The average molecular weight is 440 g/mol. The highest BCUT2D eigenvalue weighted by atomic mass is 35.5. The third-order valence-electron chi connectivity index (χ3n) is 4.26. The zero-order valence-electron chi connectivity index (χ0n) is 13.6. The van der Waals surface area contributed by atoms with Gasteiger partial charge in [0.1, 0.15) is 0 Å². The first-order valence-corrected chi connectivity index (χ1v) is 8.27. The molecular formula is C14H16ClF10NO. The lowest BCUT2D eigenvalue weighted by molar-refractivity contribution is -0.382. The fourth-order valence-corrected chi connectivity index (χ4v) is 2.71. The zero-order chi connectivity index (χ0) is 21.3. The highest BCUT2D eigenvalue weighted by molar-refractivity contribution is 6.22. The van der Waals surface area contributed by atoms with E-state index in [9.17, 15) is 48.7 Å². The maximum absolute atomic E-state index is 13.7. The summed E-state index contributed by atoms with van der Waals surface area (Å²) < 4.78 is 132. The number of carbonyl (C=O) groups is 1. The number of rotatable bonds is 6. The number of nitrogens with one attached hydrogen (secondary N) is 1. The van der Waals surface area contributed by atoms with Gasteiger partial charge in [0.2, 0.25) is 0 Å². The SMILES string of the molecule is O=C(NC1CCCCCCC1)C(F)(F)C(F)(F)C(F)(F)C(F)(F)C(F)(F)Cl. The minimum Gasteiger partial charge on any atom is -0.348 e. The van der Waals surface area contributed by atoms with E-state index in [1.165, 1.54) is 5.32 Å². The van der Waals surface area contributed by atoms with E-state index in [1.807, 2.05) is 0 Å². The van der Waals surface area contributed by atoms with Crippen LogP contribution in [0.25, 0.3) is 0 Å². The summed E-state index contributed by atoms with van der Waals surface area (Å²) in [5.41, 5.74) is 0. The predicted octanol–water partition coefficient (Wildman–Crippen LogP) is 5.59. The van der Waals surface area contributed by atoms with Gasteiger partial charge in [0.15, 0.2) is 0 Å². The molecule has 2 nitrogen and oxygen atoms in total. The van der Waals surface area contributed by atoms with Crippen molar-refractivity contribution in [1.82, 2.24) is 5.32 Å². The Balaban J connectivity index is 3.09. The van der Waals surface area contributed by atoms with Gasteiger partial charge in [0.05, 0.1) is 0 Å². The summed E-state index contributed by atoms with van der Waals surface area (Å²) in [5.74, 6) is -30.9. The first-order valence-electron chi connectivity index (χ1n) is 7.89. The molecule has 13 heteroatoms. The van der Waals surface area contributed by atoms with Gasteiger partial charge in [-0.2, -0.15) is 43.9 Å². The predicted molar refractivity (Wildman–Crippen MR) is 74.8 cm³/mol. The van der Waals surface area contributed by atoms with Crippen LogP contribution in [0.5, 0.6) is 0 Å². The van der Waals surface area contributed by atoms with Crippen molar-refractivity contribution in [3.05, 3.63) is 0 Å². The number of amides is 1. The molecule has 0 bridgehead atoms. The molecule has 0 spiro atoms. The number of hydrogen-bond donors (Lipinski definition) is 1. The van der Waals surface area contributed by atoms with Gasteiger partial charge in [0, 0.05) is 6.04 Å². The quantitative estimate of drug-likeness (QED) is 0.424. The summed E-state index contributed by atoms with van der Waals surface area (Å²) in [7, 11) is 0. The van der Waals surface area contributed by atoms with Gasteiger partial charge in [-0.3, -0.25) is 4.79 Å². The summed E-state index contributed by atoms with van der Waals surface area (Å²) in [6, 6.07) is -1.07. The van der Waals surface area contributed by atoms with Crippen LogP contribution in [0.4, 0.5) is 43.9 Å². The molecule has 160 valence electrons. The van der Waals surface area contributed by atoms with Crippen molar-refractivity contribution in [3.63, 3.8) is 0 Å². The second kappa shape index (κ2) is 7.82. The van der Waals surface area contributed by atoms with E-state index in [0.717, 1.165) is 6.42 Å². The molecule has 0 radical (unpaired) electrons. The van der Waals surface area contributed by atoms with Gasteiger partial charge in [-0.1, -0.05) is 32.1 Å². The average Bonchev–Trinajstić information content (AvgIpc) is 2.47. The Hall–Kier alpha value is -0.940. The van der Waals surface area contributed by atoms with Crippen LogP contribution in [-0.2, 0) is 4.79 Å². The van der Waals surface area contributed by atoms with Crippen molar-refractivity contribution in [2.24, 2.45) is 0 Å².